The monoisotopic (exact) mass is 446 g/mol. The van der Waals surface area contributed by atoms with E-state index in [-0.39, 0.29) is 50.4 Å². The molecule has 3 rings (SSSR count). The SMILES string of the molecule is COc1ccc(OC)c(C(=O)CSc2nc(N)c(C#N)c(-c3ccccc3O)c2C#N)c1. The summed E-state index contributed by atoms with van der Waals surface area (Å²) in [6, 6.07) is 15.2. The Morgan fingerprint density at radius 2 is 1.84 bits per heavy atom. The van der Waals surface area contributed by atoms with Gasteiger partial charge in [0.1, 0.15) is 45.8 Å². The number of phenols is 1. The quantitative estimate of drug-likeness (QED) is 0.409. The third-order valence-corrected chi connectivity index (χ3v) is 5.61. The number of nitrogens with two attached hydrogens (primary N) is 1. The number of aromatic hydroxyl groups is 1. The van der Waals surface area contributed by atoms with E-state index in [0.29, 0.717) is 17.1 Å². The van der Waals surface area contributed by atoms with Crippen molar-refractivity contribution >= 4 is 23.4 Å². The molecule has 160 valence electrons. The van der Waals surface area contributed by atoms with E-state index >= 15 is 0 Å². The highest BCUT2D eigenvalue weighted by molar-refractivity contribution is 8.00. The minimum atomic E-state index is -0.275. The number of hydrogen-bond donors (Lipinski definition) is 2. The number of ether oxygens (including phenoxy) is 2. The maximum absolute atomic E-state index is 12.9. The summed E-state index contributed by atoms with van der Waals surface area (Å²) in [5.41, 5.74) is 6.78. The molecule has 0 saturated heterocycles. The van der Waals surface area contributed by atoms with Crippen molar-refractivity contribution in [1.82, 2.24) is 4.98 Å². The molecule has 0 aliphatic heterocycles. The van der Waals surface area contributed by atoms with Gasteiger partial charge in [0.15, 0.2) is 5.78 Å². The van der Waals surface area contributed by atoms with Gasteiger partial charge in [0.2, 0.25) is 0 Å². The maximum Gasteiger partial charge on any atom is 0.176 e. The van der Waals surface area contributed by atoms with Gasteiger partial charge in [-0.25, -0.2) is 4.98 Å². The minimum absolute atomic E-state index is 0.0202. The third-order valence-electron chi connectivity index (χ3n) is 4.64. The van der Waals surface area contributed by atoms with Crippen LogP contribution in [0, 0.1) is 22.7 Å². The van der Waals surface area contributed by atoms with Gasteiger partial charge in [-0.05, 0) is 24.3 Å². The van der Waals surface area contributed by atoms with E-state index in [2.05, 4.69) is 4.98 Å². The lowest BCUT2D eigenvalue weighted by atomic mass is 9.96. The lowest BCUT2D eigenvalue weighted by Crippen LogP contribution is -2.08. The fraction of sp³-hybridized carbons (Fsp3) is 0.130. The first-order chi connectivity index (χ1) is 15.4. The standard InChI is InChI=1S/C23H18N4O4S/c1-30-13-7-8-20(31-2)15(9-13)19(29)12-32-23-17(11-25)21(16(10-24)22(26)27-23)14-5-3-4-6-18(14)28/h3-9,28H,12H2,1-2H3,(H2,26,27). The predicted octanol–water partition coefficient (Wildman–Crippen LogP) is 3.77. The molecular weight excluding hydrogens is 428 g/mol. The first-order valence-corrected chi connectivity index (χ1v) is 10.2. The summed E-state index contributed by atoms with van der Waals surface area (Å²) in [6.07, 6.45) is 0. The molecule has 0 bridgehead atoms. The smallest absolute Gasteiger partial charge is 0.176 e. The number of para-hydroxylation sites is 1. The van der Waals surface area contributed by atoms with Crippen molar-refractivity contribution in [2.45, 2.75) is 5.03 Å². The number of benzene rings is 2. The second-order valence-electron chi connectivity index (χ2n) is 6.45. The Kier molecular flexibility index (Phi) is 6.83. The number of anilines is 1. The highest BCUT2D eigenvalue weighted by Gasteiger charge is 2.23. The molecule has 32 heavy (non-hydrogen) atoms. The van der Waals surface area contributed by atoms with Gasteiger partial charge in [0.05, 0.1) is 31.1 Å². The largest absolute Gasteiger partial charge is 0.507 e. The Labute approximate surface area is 188 Å². The minimum Gasteiger partial charge on any atom is -0.507 e. The molecule has 2 aromatic carbocycles. The number of carbonyl (C=O) groups is 1. The normalized spacial score (nSPS) is 10.1. The number of nitrogen functional groups attached to an aromatic ring is 1. The van der Waals surface area contributed by atoms with Gasteiger partial charge in [-0.3, -0.25) is 4.79 Å². The van der Waals surface area contributed by atoms with Crippen LogP contribution in [0.3, 0.4) is 0 Å². The first-order valence-electron chi connectivity index (χ1n) is 9.25. The first kappa shape index (κ1) is 22.5. The number of methoxy groups -OCH3 is 2. The van der Waals surface area contributed by atoms with Gasteiger partial charge >= 0.3 is 0 Å². The number of aromatic nitrogens is 1. The Bertz CT molecular complexity index is 1280. The molecule has 0 spiro atoms. The predicted molar refractivity (Wildman–Crippen MR) is 120 cm³/mol. The van der Waals surface area contributed by atoms with E-state index in [4.69, 9.17) is 15.2 Å². The molecule has 1 heterocycles. The molecule has 9 heteroatoms. The second-order valence-corrected chi connectivity index (χ2v) is 7.41. The van der Waals surface area contributed by atoms with Crippen molar-refractivity contribution < 1.29 is 19.4 Å². The van der Waals surface area contributed by atoms with Crippen molar-refractivity contribution in [1.29, 1.82) is 10.5 Å². The molecule has 1 aromatic heterocycles. The molecule has 0 fully saturated rings. The molecule has 8 nitrogen and oxygen atoms in total. The van der Waals surface area contributed by atoms with Gasteiger partial charge in [-0.1, -0.05) is 30.0 Å². The van der Waals surface area contributed by atoms with Crippen LogP contribution in [0.1, 0.15) is 21.5 Å². The number of thioether (sulfide) groups is 1. The Morgan fingerprint density at radius 3 is 2.47 bits per heavy atom. The number of Topliss-reactive ketones (excluding diaryl/α,β-unsaturated/α-hetero) is 1. The fourth-order valence-corrected chi connectivity index (χ4v) is 3.98. The molecule has 3 aromatic rings. The molecule has 3 N–H and O–H groups in total. The second kappa shape index (κ2) is 9.73. The number of ketones is 1. The van der Waals surface area contributed by atoms with Gasteiger partial charge in [0.25, 0.3) is 0 Å². The molecule has 0 unspecified atom stereocenters. The van der Waals surface area contributed by atoms with Gasteiger partial charge in [-0.15, -0.1) is 0 Å². The van der Waals surface area contributed by atoms with Crippen LogP contribution < -0.4 is 15.2 Å². The third kappa shape index (κ3) is 4.29. The number of carbonyl (C=O) groups excluding carboxylic acids is 1. The van der Waals surface area contributed by atoms with Gasteiger partial charge in [-0.2, -0.15) is 10.5 Å². The van der Waals surface area contributed by atoms with Crippen LogP contribution >= 0.6 is 11.8 Å². The Hall–Kier alpha value is -4.21. The summed E-state index contributed by atoms with van der Waals surface area (Å²) < 4.78 is 10.4. The van der Waals surface area contributed by atoms with Crippen molar-refractivity contribution in [3.8, 4) is 40.5 Å². The van der Waals surface area contributed by atoms with Crippen LogP contribution in [0.2, 0.25) is 0 Å². The summed E-state index contributed by atoms with van der Waals surface area (Å²) in [4.78, 5) is 17.1. The zero-order chi connectivity index (χ0) is 23.3. The average molecular weight is 446 g/mol. The summed E-state index contributed by atoms with van der Waals surface area (Å²) in [5, 5.41) is 29.9. The van der Waals surface area contributed by atoms with Gasteiger partial charge < -0.3 is 20.3 Å². The maximum atomic E-state index is 12.9. The van der Waals surface area contributed by atoms with Crippen LogP contribution in [-0.2, 0) is 0 Å². The topological polar surface area (TPSA) is 142 Å². The Morgan fingerprint density at radius 1 is 1.12 bits per heavy atom. The van der Waals surface area contributed by atoms with Crippen LogP contribution in [-0.4, -0.2) is 35.8 Å². The van der Waals surface area contributed by atoms with Crippen LogP contribution in [0.5, 0.6) is 17.2 Å². The van der Waals surface area contributed by atoms with E-state index < -0.39 is 0 Å². The number of nitrogens with zero attached hydrogens (tertiary/aromatic N) is 3. The highest BCUT2D eigenvalue weighted by Crippen LogP contribution is 2.39. The molecular formula is C23H18N4O4S. The molecule has 0 atom stereocenters. The Balaban J connectivity index is 2.04. The van der Waals surface area contributed by atoms with E-state index in [9.17, 15) is 20.4 Å². The van der Waals surface area contributed by atoms with Crippen molar-refractivity contribution in [3.05, 3.63) is 59.2 Å². The lowest BCUT2D eigenvalue weighted by Gasteiger charge is -2.14. The van der Waals surface area contributed by atoms with Crippen molar-refractivity contribution in [2.75, 3.05) is 25.7 Å². The number of phenolic OH excluding ortho intramolecular Hbond substituents is 1. The van der Waals surface area contributed by atoms with E-state index in [1.54, 1.807) is 36.4 Å². The molecule has 0 aliphatic rings. The summed E-state index contributed by atoms with van der Waals surface area (Å²) in [6.45, 7) is 0. The zero-order valence-corrected chi connectivity index (χ0v) is 18.1. The summed E-state index contributed by atoms with van der Waals surface area (Å²) in [5.74, 6) is 0.330. The van der Waals surface area contributed by atoms with Crippen molar-refractivity contribution in [2.24, 2.45) is 0 Å². The number of hydrogen-bond acceptors (Lipinski definition) is 9. The lowest BCUT2D eigenvalue weighted by molar-refractivity contribution is 0.101. The molecule has 0 amide bonds. The fourth-order valence-electron chi connectivity index (χ4n) is 3.10. The van der Waals surface area contributed by atoms with Crippen molar-refractivity contribution in [3.63, 3.8) is 0 Å². The molecule has 0 radical (unpaired) electrons. The molecule has 0 saturated carbocycles. The van der Waals surface area contributed by atoms with E-state index in [1.807, 2.05) is 12.1 Å². The summed E-state index contributed by atoms with van der Waals surface area (Å²) >= 11 is 1.00. The van der Waals surface area contributed by atoms with Crippen LogP contribution in [0.25, 0.3) is 11.1 Å². The van der Waals surface area contributed by atoms with Crippen LogP contribution in [0.15, 0.2) is 47.5 Å². The van der Waals surface area contributed by atoms with Crippen LogP contribution in [0.4, 0.5) is 5.82 Å². The number of nitriles is 2. The number of rotatable bonds is 7. The highest BCUT2D eigenvalue weighted by atomic mass is 32.2. The van der Waals surface area contributed by atoms with E-state index in [1.165, 1.54) is 20.3 Å². The zero-order valence-electron chi connectivity index (χ0n) is 17.2. The van der Waals surface area contributed by atoms with E-state index in [0.717, 1.165) is 11.8 Å². The average Bonchev–Trinajstić information content (AvgIpc) is 2.81. The van der Waals surface area contributed by atoms with Gasteiger partial charge in [0, 0.05) is 11.1 Å². The summed E-state index contributed by atoms with van der Waals surface area (Å²) in [7, 11) is 2.95. The number of pyridine rings is 1. The molecule has 0 aliphatic carbocycles.